The highest BCUT2D eigenvalue weighted by molar-refractivity contribution is 6.32. The predicted octanol–water partition coefficient (Wildman–Crippen LogP) is 3.73. The maximum atomic E-state index is 10.8. The van der Waals surface area contributed by atoms with E-state index in [2.05, 4.69) is 5.32 Å². The molecule has 2 rings (SSSR count). The monoisotopic (exact) mass is 287 g/mol. The molecule has 0 unspecified atom stereocenters. The molecule has 0 bridgehead atoms. The topological polar surface area (TPSA) is 79.0 Å². The molecule has 0 saturated carbocycles. The largest absolute Gasteiger partial charge is 0.381 e. The van der Waals surface area contributed by atoms with Gasteiger partial charge in [0.05, 0.1) is 16.6 Å². The summed E-state index contributed by atoms with van der Waals surface area (Å²) in [6.07, 6.45) is 0. The molecule has 20 heavy (non-hydrogen) atoms. The number of rotatable bonds is 4. The highest BCUT2D eigenvalue weighted by atomic mass is 35.5. The Balaban J connectivity index is 2.09. The summed E-state index contributed by atoms with van der Waals surface area (Å²) in [7, 11) is 0. The number of nitrogens with zero attached hydrogens (tertiary/aromatic N) is 2. The summed E-state index contributed by atoms with van der Waals surface area (Å²) in [5.74, 6) is 0. The lowest BCUT2D eigenvalue weighted by Gasteiger charge is -2.07. The zero-order valence-corrected chi connectivity index (χ0v) is 11.1. The van der Waals surface area contributed by atoms with E-state index >= 15 is 0 Å². The molecule has 0 spiro atoms. The number of nitriles is 1. The van der Waals surface area contributed by atoms with Gasteiger partial charge in [-0.25, -0.2) is 0 Å². The summed E-state index contributed by atoms with van der Waals surface area (Å²) in [6.45, 7) is 0.434. The third kappa shape index (κ3) is 3.25. The maximum Gasteiger partial charge on any atom is 0.288 e. The second kappa shape index (κ2) is 6.04. The molecule has 0 amide bonds. The van der Waals surface area contributed by atoms with Gasteiger partial charge in [-0.15, -0.1) is 0 Å². The minimum Gasteiger partial charge on any atom is -0.381 e. The lowest BCUT2D eigenvalue weighted by atomic mass is 10.2. The summed E-state index contributed by atoms with van der Waals surface area (Å²) in [6, 6.07) is 13.7. The van der Waals surface area contributed by atoms with Crippen LogP contribution in [0.4, 0.5) is 11.4 Å². The van der Waals surface area contributed by atoms with Crippen LogP contribution in [0.2, 0.25) is 5.02 Å². The van der Waals surface area contributed by atoms with E-state index in [4.69, 9.17) is 16.9 Å². The zero-order chi connectivity index (χ0) is 14.5. The van der Waals surface area contributed by atoms with E-state index in [-0.39, 0.29) is 10.7 Å². The highest BCUT2D eigenvalue weighted by Gasteiger charge is 2.12. The standard InChI is InChI=1S/C14H10ClN3O2/c15-13-6-3-11(7-14(13)18(19)20)9-17-12-4-1-10(8-16)2-5-12/h1-7,17H,9H2. The van der Waals surface area contributed by atoms with Crippen LogP contribution < -0.4 is 5.32 Å². The van der Waals surface area contributed by atoms with Gasteiger partial charge in [-0.2, -0.15) is 5.26 Å². The third-order valence-electron chi connectivity index (χ3n) is 2.72. The van der Waals surface area contributed by atoms with Crippen molar-refractivity contribution in [3.63, 3.8) is 0 Å². The SMILES string of the molecule is N#Cc1ccc(NCc2ccc(Cl)c([N+](=O)[O-])c2)cc1. The molecule has 1 N–H and O–H groups in total. The molecule has 0 heterocycles. The Bertz CT molecular complexity index is 678. The van der Waals surface area contributed by atoms with E-state index in [9.17, 15) is 10.1 Å². The summed E-state index contributed by atoms with van der Waals surface area (Å²) in [4.78, 5) is 10.3. The molecular formula is C14H10ClN3O2. The van der Waals surface area contributed by atoms with Crippen LogP contribution in [0.15, 0.2) is 42.5 Å². The molecule has 0 atom stereocenters. The van der Waals surface area contributed by atoms with Crippen LogP contribution in [0, 0.1) is 21.4 Å². The van der Waals surface area contributed by atoms with Crippen molar-refractivity contribution in [2.24, 2.45) is 0 Å². The first-order chi connectivity index (χ1) is 9.60. The van der Waals surface area contributed by atoms with Gasteiger partial charge in [0.15, 0.2) is 0 Å². The molecule has 0 aliphatic rings. The number of anilines is 1. The number of benzene rings is 2. The molecule has 6 heteroatoms. The minimum atomic E-state index is -0.506. The second-order valence-electron chi connectivity index (χ2n) is 4.09. The van der Waals surface area contributed by atoms with Crippen molar-refractivity contribution >= 4 is 23.0 Å². The summed E-state index contributed by atoms with van der Waals surface area (Å²) in [5, 5.41) is 22.7. The number of halogens is 1. The number of nitro groups is 1. The van der Waals surface area contributed by atoms with Crippen LogP contribution >= 0.6 is 11.6 Å². The second-order valence-corrected chi connectivity index (χ2v) is 4.49. The van der Waals surface area contributed by atoms with Gasteiger partial charge in [-0.1, -0.05) is 17.7 Å². The fourth-order valence-corrected chi connectivity index (χ4v) is 1.86. The van der Waals surface area contributed by atoms with Gasteiger partial charge in [0.1, 0.15) is 5.02 Å². The molecule has 2 aromatic carbocycles. The molecule has 2 aromatic rings. The Labute approximate surface area is 120 Å². The lowest BCUT2D eigenvalue weighted by molar-refractivity contribution is -0.384. The van der Waals surface area contributed by atoms with E-state index in [0.717, 1.165) is 11.3 Å². The van der Waals surface area contributed by atoms with E-state index in [1.54, 1.807) is 30.3 Å². The molecule has 100 valence electrons. The quantitative estimate of drug-likeness (QED) is 0.686. The summed E-state index contributed by atoms with van der Waals surface area (Å²) < 4.78 is 0. The van der Waals surface area contributed by atoms with Crippen LogP contribution in [-0.2, 0) is 6.54 Å². The van der Waals surface area contributed by atoms with Gasteiger partial charge in [0, 0.05) is 18.3 Å². The van der Waals surface area contributed by atoms with Gasteiger partial charge >= 0.3 is 0 Å². The fourth-order valence-electron chi connectivity index (χ4n) is 1.67. The molecule has 0 fully saturated rings. The third-order valence-corrected chi connectivity index (χ3v) is 3.04. The van der Waals surface area contributed by atoms with Gasteiger partial charge in [0.2, 0.25) is 0 Å². The van der Waals surface area contributed by atoms with Crippen LogP contribution in [0.25, 0.3) is 0 Å². The molecule has 5 nitrogen and oxygen atoms in total. The van der Waals surface area contributed by atoms with Crippen LogP contribution in [-0.4, -0.2) is 4.92 Å². The first-order valence-corrected chi connectivity index (χ1v) is 6.15. The number of hydrogen-bond acceptors (Lipinski definition) is 4. The van der Waals surface area contributed by atoms with Crippen molar-refractivity contribution in [2.75, 3.05) is 5.32 Å². The van der Waals surface area contributed by atoms with E-state index in [1.807, 2.05) is 6.07 Å². The first-order valence-electron chi connectivity index (χ1n) is 5.77. The Morgan fingerprint density at radius 1 is 1.25 bits per heavy atom. The van der Waals surface area contributed by atoms with E-state index in [1.165, 1.54) is 12.1 Å². The zero-order valence-electron chi connectivity index (χ0n) is 10.3. The van der Waals surface area contributed by atoms with Crippen molar-refractivity contribution in [3.8, 4) is 6.07 Å². The lowest BCUT2D eigenvalue weighted by Crippen LogP contribution is -2.00. The predicted molar refractivity (Wildman–Crippen MR) is 76.6 cm³/mol. The average Bonchev–Trinajstić information content (AvgIpc) is 2.46. The van der Waals surface area contributed by atoms with Crippen molar-refractivity contribution < 1.29 is 4.92 Å². The normalized spacial score (nSPS) is 9.80. The number of nitrogens with one attached hydrogen (secondary N) is 1. The minimum absolute atomic E-state index is 0.106. The Kier molecular flexibility index (Phi) is 4.18. The van der Waals surface area contributed by atoms with Crippen LogP contribution in [0.5, 0.6) is 0 Å². The molecule has 0 radical (unpaired) electrons. The van der Waals surface area contributed by atoms with Crippen LogP contribution in [0.1, 0.15) is 11.1 Å². The van der Waals surface area contributed by atoms with Gasteiger partial charge in [-0.05, 0) is 35.9 Å². The first kappa shape index (κ1) is 13.8. The van der Waals surface area contributed by atoms with Crippen molar-refractivity contribution in [1.29, 1.82) is 5.26 Å². The van der Waals surface area contributed by atoms with Gasteiger partial charge in [0.25, 0.3) is 5.69 Å². The fraction of sp³-hybridized carbons (Fsp3) is 0.0714. The Morgan fingerprint density at radius 2 is 1.95 bits per heavy atom. The molecule has 0 aliphatic heterocycles. The van der Waals surface area contributed by atoms with Crippen molar-refractivity contribution in [1.82, 2.24) is 0 Å². The van der Waals surface area contributed by atoms with E-state index in [0.29, 0.717) is 12.1 Å². The highest BCUT2D eigenvalue weighted by Crippen LogP contribution is 2.25. The number of hydrogen-bond donors (Lipinski definition) is 1. The smallest absolute Gasteiger partial charge is 0.288 e. The van der Waals surface area contributed by atoms with Gasteiger partial charge < -0.3 is 5.32 Å². The van der Waals surface area contributed by atoms with Crippen molar-refractivity contribution in [3.05, 3.63) is 68.7 Å². The summed E-state index contributed by atoms with van der Waals surface area (Å²) >= 11 is 5.75. The molecule has 0 aliphatic carbocycles. The summed E-state index contributed by atoms with van der Waals surface area (Å²) in [5.41, 5.74) is 2.07. The molecule has 0 saturated heterocycles. The Morgan fingerprint density at radius 3 is 2.55 bits per heavy atom. The molecular weight excluding hydrogens is 278 g/mol. The molecule has 0 aromatic heterocycles. The van der Waals surface area contributed by atoms with Crippen molar-refractivity contribution in [2.45, 2.75) is 6.54 Å². The van der Waals surface area contributed by atoms with Crippen LogP contribution in [0.3, 0.4) is 0 Å². The maximum absolute atomic E-state index is 10.8. The van der Waals surface area contributed by atoms with Gasteiger partial charge in [-0.3, -0.25) is 10.1 Å². The number of nitro benzene ring substituents is 1. The Hall–Kier alpha value is -2.58. The van der Waals surface area contributed by atoms with E-state index < -0.39 is 4.92 Å². The average molecular weight is 288 g/mol.